The summed E-state index contributed by atoms with van der Waals surface area (Å²) in [6, 6.07) is 10.3. The highest BCUT2D eigenvalue weighted by Crippen LogP contribution is 2.13. The van der Waals surface area contributed by atoms with Crippen molar-refractivity contribution in [2.75, 3.05) is 0 Å². The van der Waals surface area contributed by atoms with Crippen LogP contribution in [-0.2, 0) is 16.4 Å². The molecule has 0 aliphatic heterocycles. The molecule has 18 heavy (non-hydrogen) atoms. The number of primary sulfonamides is 1. The normalized spacial score (nSPS) is 11.4. The lowest BCUT2D eigenvalue weighted by atomic mass is 10.1. The Morgan fingerprint density at radius 1 is 1.11 bits per heavy atom. The van der Waals surface area contributed by atoms with E-state index in [2.05, 4.69) is 20.9 Å². The fourth-order valence-electron chi connectivity index (χ4n) is 1.52. The Bertz CT molecular complexity index is 637. The van der Waals surface area contributed by atoms with Crippen LogP contribution in [0, 0.1) is 0 Å². The number of pyridine rings is 1. The van der Waals surface area contributed by atoms with Crippen LogP contribution in [0.25, 0.3) is 0 Å². The number of halogens is 1. The Morgan fingerprint density at radius 2 is 1.78 bits per heavy atom. The topological polar surface area (TPSA) is 73.1 Å². The number of rotatable bonds is 3. The molecule has 2 N–H and O–H groups in total. The van der Waals surface area contributed by atoms with E-state index in [0.717, 1.165) is 15.7 Å². The molecule has 0 spiro atoms. The standard InChI is InChI=1S/C12H11BrN2O2S/c13-10-3-4-11(15-8-10)7-9-1-5-12(6-2-9)18(14,16)17/h1-6,8H,7H2,(H2,14,16,17). The van der Waals surface area contributed by atoms with Gasteiger partial charge in [0.25, 0.3) is 0 Å². The van der Waals surface area contributed by atoms with Crippen LogP contribution in [0.4, 0.5) is 0 Å². The highest BCUT2D eigenvalue weighted by Gasteiger charge is 2.07. The van der Waals surface area contributed by atoms with Crippen LogP contribution < -0.4 is 5.14 Å². The number of hydrogen-bond acceptors (Lipinski definition) is 3. The second kappa shape index (κ2) is 5.17. The first kappa shape index (κ1) is 13.2. The summed E-state index contributed by atoms with van der Waals surface area (Å²) in [7, 11) is -3.62. The highest BCUT2D eigenvalue weighted by molar-refractivity contribution is 9.10. The summed E-state index contributed by atoms with van der Waals surface area (Å²) in [5.74, 6) is 0. The molecule has 0 bridgehead atoms. The van der Waals surface area contributed by atoms with Gasteiger partial charge >= 0.3 is 0 Å². The molecule has 0 amide bonds. The van der Waals surface area contributed by atoms with Crippen LogP contribution >= 0.6 is 15.9 Å². The van der Waals surface area contributed by atoms with Gasteiger partial charge in [0.05, 0.1) is 4.90 Å². The smallest absolute Gasteiger partial charge is 0.238 e. The third-order valence-corrected chi connectivity index (χ3v) is 3.82. The molecular weight excluding hydrogens is 316 g/mol. The van der Waals surface area contributed by atoms with E-state index in [9.17, 15) is 8.42 Å². The minimum absolute atomic E-state index is 0.120. The molecule has 4 nitrogen and oxygen atoms in total. The van der Waals surface area contributed by atoms with Gasteiger partial charge < -0.3 is 0 Å². The van der Waals surface area contributed by atoms with E-state index in [1.165, 1.54) is 12.1 Å². The Labute approximate surface area is 114 Å². The van der Waals surface area contributed by atoms with Crippen molar-refractivity contribution in [2.24, 2.45) is 5.14 Å². The molecule has 0 atom stereocenters. The molecule has 0 radical (unpaired) electrons. The molecule has 0 unspecified atom stereocenters. The van der Waals surface area contributed by atoms with Gasteiger partial charge in [-0.15, -0.1) is 0 Å². The predicted octanol–water partition coefficient (Wildman–Crippen LogP) is 2.08. The van der Waals surface area contributed by atoms with Gasteiger partial charge in [-0.3, -0.25) is 4.98 Å². The molecule has 6 heteroatoms. The van der Waals surface area contributed by atoms with E-state index < -0.39 is 10.0 Å². The summed E-state index contributed by atoms with van der Waals surface area (Å²) in [6.45, 7) is 0. The lowest BCUT2D eigenvalue weighted by Gasteiger charge is -2.03. The van der Waals surface area contributed by atoms with Gasteiger partial charge in [0.15, 0.2) is 0 Å². The molecule has 1 aromatic carbocycles. The molecule has 0 fully saturated rings. The molecule has 0 saturated carbocycles. The van der Waals surface area contributed by atoms with Crippen LogP contribution in [0.5, 0.6) is 0 Å². The van der Waals surface area contributed by atoms with Crippen LogP contribution in [0.2, 0.25) is 0 Å². The van der Waals surface area contributed by atoms with Crippen molar-refractivity contribution in [1.29, 1.82) is 0 Å². The first-order valence-corrected chi connectivity index (χ1v) is 7.51. The van der Waals surface area contributed by atoms with Crippen LogP contribution in [0.15, 0.2) is 52.0 Å². The molecule has 1 aromatic heterocycles. The second-order valence-electron chi connectivity index (χ2n) is 3.83. The van der Waals surface area contributed by atoms with Gasteiger partial charge in [-0.25, -0.2) is 13.6 Å². The van der Waals surface area contributed by atoms with Crippen molar-refractivity contribution in [1.82, 2.24) is 4.98 Å². The Kier molecular flexibility index (Phi) is 3.79. The van der Waals surface area contributed by atoms with Crippen molar-refractivity contribution in [3.63, 3.8) is 0 Å². The lowest BCUT2D eigenvalue weighted by Crippen LogP contribution is -2.11. The fraction of sp³-hybridized carbons (Fsp3) is 0.0833. The number of nitrogens with two attached hydrogens (primary N) is 1. The summed E-state index contributed by atoms with van der Waals surface area (Å²) in [5.41, 5.74) is 1.90. The fourth-order valence-corrected chi connectivity index (χ4v) is 2.27. The zero-order valence-electron chi connectivity index (χ0n) is 9.38. The molecule has 1 heterocycles. The minimum atomic E-state index is -3.62. The number of benzene rings is 1. The molecule has 2 rings (SSSR count). The summed E-state index contributed by atoms with van der Waals surface area (Å²) >= 11 is 3.32. The third kappa shape index (κ3) is 3.38. The van der Waals surface area contributed by atoms with Crippen molar-refractivity contribution in [3.05, 3.63) is 58.3 Å². The van der Waals surface area contributed by atoms with Gasteiger partial charge in [0, 0.05) is 22.8 Å². The van der Waals surface area contributed by atoms with Crippen molar-refractivity contribution >= 4 is 26.0 Å². The van der Waals surface area contributed by atoms with E-state index in [-0.39, 0.29) is 4.90 Å². The number of aromatic nitrogens is 1. The van der Waals surface area contributed by atoms with Crippen LogP contribution in [-0.4, -0.2) is 13.4 Å². The monoisotopic (exact) mass is 326 g/mol. The lowest BCUT2D eigenvalue weighted by molar-refractivity contribution is 0.598. The first-order chi connectivity index (χ1) is 8.45. The van der Waals surface area contributed by atoms with E-state index in [0.29, 0.717) is 6.42 Å². The van der Waals surface area contributed by atoms with E-state index >= 15 is 0 Å². The SMILES string of the molecule is NS(=O)(=O)c1ccc(Cc2ccc(Br)cn2)cc1. The van der Waals surface area contributed by atoms with E-state index in [1.807, 2.05) is 12.1 Å². The Hall–Kier alpha value is -1.24. The number of hydrogen-bond donors (Lipinski definition) is 1. The van der Waals surface area contributed by atoms with E-state index in [4.69, 9.17) is 5.14 Å². The molecule has 0 aliphatic carbocycles. The quantitative estimate of drug-likeness (QED) is 0.938. The van der Waals surface area contributed by atoms with Gasteiger partial charge in [0.2, 0.25) is 10.0 Å². The Morgan fingerprint density at radius 3 is 2.28 bits per heavy atom. The van der Waals surface area contributed by atoms with E-state index in [1.54, 1.807) is 18.3 Å². The maximum absolute atomic E-state index is 11.1. The first-order valence-electron chi connectivity index (χ1n) is 5.17. The summed E-state index contributed by atoms with van der Waals surface area (Å²) < 4.78 is 23.1. The predicted molar refractivity (Wildman–Crippen MR) is 72.6 cm³/mol. The minimum Gasteiger partial charge on any atom is -0.260 e. The largest absolute Gasteiger partial charge is 0.260 e. The summed E-state index contributed by atoms with van der Waals surface area (Å²) in [5, 5.41) is 5.03. The summed E-state index contributed by atoms with van der Waals surface area (Å²) in [4.78, 5) is 4.38. The maximum atomic E-state index is 11.1. The van der Waals surface area contributed by atoms with Crippen LogP contribution in [0.1, 0.15) is 11.3 Å². The van der Waals surface area contributed by atoms with Crippen molar-refractivity contribution in [3.8, 4) is 0 Å². The molecule has 0 saturated heterocycles. The zero-order valence-corrected chi connectivity index (χ0v) is 11.8. The van der Waals surface area contributed by atoms with Gasteiger partial charge in [-0.2, -0.15) is 0 Å². The molecule has 94 valence electrons. The van der Waals surface area contributed by atoms with Crippen LogP contribution in [0.3, 0.4) is 0 Å². The molecular formula is C12H11BrN2O2S. The average Bonchev–Trinajstić information content (AvgIpc) is 2.32. The zero-order chi connectivity index (χ0) is 13.2. The highest BCUT2D eigenvalue weighted by atomic mass is 79.9. The Balaban J connectivity index is 2.18. The van der Waals surface area contributed by atoms with Gasteiger partial charge in [-0.05, 0) is 45.8 Å². The second-order valence-corrected chi connectivity index (χ2v) is 6.31. The maximum Gasteiger partial charge on any atom is 0.238 e. The van der Waals surface area contributed by atoms with Gasteiger partial charge in [0.1, 0.15) is 0 Å². The average molecular weight is 327 g/mol. The summed E-state index contributed by atoms with van der Waals surface area (Å²) in [6.07, 6.45) is 2.38. The van der Waals surface area contributed by atoms with Gasteiger partial charge in [-0.1, -0.05) is 12.1 Å². The molecule has 0 aliphatic rings. The third-order valence-electron chi connectivity index (χ3n) is 2.43. The van der Waals surface area contributed by atoms with Crippen molar-refractivity contribution < 1.29 is 8.42 Å². The van der Waals surface area contributed by atoms with Crippen molar-refractivity contribution in [2.45, 2.75) is 11.3 Å². The number of nitrogens with zero attached hydrogens (tertiary/aromatic N) is 1. The number of sulfonamides is 1. The molecule has 2 aromatic rings.